The molecule has 5 nitrogen and oxygen atoms in total. The van der Waals surface area contributed by atoms with Crippen LogP contribution in [-0.4, -0.2) is 36.5 Å². The fourth-order valence-corrected chi connectivity index (χ4v) is 1.92. The lowest BCUT2D eigenvalue weighted by Crippen LogP contribution is -2.16. The van der Waals surface area contributed by atoms with Crippen LogP contribution in [-0.2, 0) is 9.84 Å². The molecule has 0 spiro atoms. The second kappa shape index (κ2) is 3.84. The summed E-state index contributed by atoms with van der Waals surface area (Å²) < 4.78 is 23.9. The molecule has 0 amide bonds. The average Bonchev–Trinajstić information content (AvgIpc) is 2.86. The topological polar surface area (TPSA) is 64.0 Å². The van der Waals surface area contributed by atoms with Gasteiger partial charge in [-0.2, -0.15) is 0 Å². The molecule has 0 saturated heterocycles. The number of anilines is 1. The van der Waals surface area contributed by atoms with Crippen LogP contribution in [0, 0.1) is 0 Å². The number of hydrogen-bond acceptors (Lipinski definition) is 4. The van der Waals surface area contributed by atoms with Crippen molar-refractivity contribution >= 4 is 15.8 Å². The van der Waals surface area contributed by atoms with E-state index in [2.05, 4.69) is 14.9 Å². The molecule has 15 heavy (non-hydrogen) atoms. The van der Waals surface area contributed by atoms with E-state index in [0.717, 1.165) is 5.95 Å². The van der Waals surface area contributed by atoms with E-state index >= 15 is 0 Å². The Morgan fingerprint density at radius 3 is 2.93 bits per heavy atom. The Morgan fingerprint density at radius 1 is 1.60 bits per heavy atom. The van der Waals surface area contributed by atoms with Crippen molar-refractivity contribution in [1.29, 1.82) is 0 Å². The summed E-state index contributed by atoms with van der Waals surface area (Å²) in [6.07, 6.45) is 7.29. The predicted molar refractivity (Wildman–Crippen MR) is 58.7 cm³/mol. The minimum atomic E-state index is -2.89. The lowest BCUT2D eigenvalue weighted by atomic mass is 10.6. The summed E-state index contributed by atoms with van der Waals surface area (Å²) in [7, 11) is -2.89. The Labute approximate surface area is 89.4 Å². The van der Waals surface area contributed by atoms with Gasteiger partial charge in [0.05, 0.1) is 5.75 Å². The van der Waals surface area contributed by atoms with Crippen LogP contribution >= 0.6 is 0 Å². The van der Waals surface area contributed by atoms with E-state index in [1.54, 1.807) is 6.20 Å². The summed E-state index contributed by atoms with van der Waals surface area (Å²) in [6.45, 7) is 0.419. The Balaban J connectivity index is 1.90. The second-order valence-corrected chi connectivity index (χ2v) is 6.21. The van der Waals surface area contributed by atoms with Gasteiger partial charge < -0.3 is 9.88 Å². The van der Waals surface area contributed by atoms with Gasteiger partial charge in [-0.15, -0.1) is 0 Å². The molecule has 0 radical (unpaired) electrons. The van der Waals surface area contributed by atoms with Crippen molar-refractivity contribution in [2.24, 2.45) is 0 Å². The van der Waals surface area contributed by atoms with Crippen molar-refractivity contribution in [3.05, 3.63) is 12.4 Å². The fourth-order valence-electron chi connectivity index (χ4n) is 1.45. The molecule has 1 fully saturated rings. The van der Waals surface area contributed by atoms with Gasteiger partial charge in [0.1, 0.15) is 9.84 Å². The highest BCUT2D eigenvalue weighted by Crippen LogP contribution is 2.36. The summed E-state index contributed by atoms with van der Waals surface area (Å²) >= 11 is 0. The van der Waals surface area contributed by atoms with Crippen LogP contribution in [0.2, 0.25) is 0 Å². The molecule has 1 aliphatic rings. The molecule has 84 valence electrons. The Hall–Kier alpha value is -1.04. The zero-order valence-corrected chi connectivity index (χ0v) is 9.50. The molecule has 1 aromatic heterocycles. The molecule has 1 N–H and O–H groups in total. The quantitative estimate of drug-likeness (QED) is 0.806. The molecule has 1 aromatic rings. The van der Waals surface area contributed by atoms with E-state index in [-0.39, 0.29) is 5.75 Å². The SMILES string of the molecule is CS(=O)(=O)CCNc1nccn1C1CC1. The molecule has 0 aliphatic heterocycles. The minimum absolute atomic E-state index is 0.143. The van der Waals surface area contributed by atoms with Crippen LogP contribution in [0.15, 0.2) is 12.4 Å². The number of nitrogens with one attached hydrogen (secondary N) is 1. The number of aromatic nitrogens is 2. The van der Waals surface area contributed by atoms with E-state index in [4.69, 9.17) is 0 Å². The molecule has 2 rings (SSSR count). The van der Waals surface area contributed by atoms with Crippen LogP contribution < -0.4 is 5.32 Å². The monoisotopic (exact) mass is 229 g/mol. The number of hydrogen-bond donors (Lipinski definition) is 1. The van der Waals surface area contributed by atoms with E-state index in [9.17, 15) is 8.42 Å². The second-order valence-electron chi connectivity index (χ2n) is 3.95. The van der Waals surface area contributed by atoms with Crippen molar-refractivity contribution in [2.75, 3.05) is 23.9 Å². The van der Waals surface area contributed by atoms with Gasteiger partial charge in [0.25, 0.3) is 0 Å². The molecule has 1 saturated carbocycles. The fraction of sp³-hybridized carbons (Fsp3) is 0.667. The van der Waals surface area contributed by atoms with Crippen molar-refractivity contribution in [2.45, 2.75) is 18.9 Å². The van der Waals surface area contributed by atoms with E-state index in [0.29, 0.717) is 12.6 Å². The first-order valence-corrected chi connectivity index (χ1v) is 7.07. The Morgan fingerprint density at radius 2 is 2.33 bits per heavy atom. The van der Waals surface area contributed by atoms with Crippen LogP contribution in [0.3, 0.4) is 0 Å². The highest BCUT2D eigenvalue weighted by atomic mass is 32.2. The first-order valence-electron chi connectivity index (χ1n) is 5.01. The molecule has 0 aromatic carbocycles. The van der Waals surface area contributed by atoms with Crippen LogP contribution in [0.4, 0.5) is 5.95 Å². The van der Waals surface area contributed by atoms with Crippen LogP contribution in [0.5, 0.6) is 0 Å². The third-order valence-corrected chi connectivity index (χ3v) is 3.31. The van der Waals surface area contributed by atoms with E-state index < -0.39 is 9.84 Å². The normalized spacial score (nSPS) is 16.6. The third-order valence-electron chi connectivity index (χ3n) is 2.36. The largest absolute Gasteiger partial charge is 0.355 e. The number of sulfone groups is 1. The van der Waals surface area contributed by atoms with Crippen LogP contribution in [0.1, 0.15) is 18.9 Å². The zero-order valence-electron chi connectivity index (χ0n) is 8.68. The molecule has 0 unspecified atom stereocenters. The van der Waals surface area contributed by atoms with Gasteiger partial charge in [0.2, 0.25) is 5.95 Å². The van der Waals surface area contributed by atoms with Gasteiger partial charge in [0.15, 0.2) is 0 Å². The molecule has 0 atom stereocenters. The maximum absolute atomic E-state index is 10.9. The van der Waals surface area contributed by atoms with Gasteiger partial charge in [-0.1, -0.05) is 0 Å². The molecular weight excluding hydrogens is 214 g/mol. The van der Waals surface area contributed by atoms with Gasteiger partial charge >= 0.3 is 0 Å². The summed E-state index contributed by atoms with van der Waals surface area (Å²) in [4.78, 5) is 4.15. The first kappa shape index (κ1) is 10.5. The third kappa shape index (κ3) is 2.95. The maximum atomic E-state index is 10.9. The highest BCUT2D eigenvalue weighted by molar-refractivity contribution is 7.90. The van der Waals surface area contributed by atoms with E-state index in [1.807, 2.05) is 6.20 Å². The predicted octanol–water partition coefficient (Wildman–Crippen LogP) is 0.674. The van der Waals surface area contributed by atoms with Crippen molar-refractivity contribution in [3.63, 3.8) is 0 Å². The lowest BCUT2D eigenvalue weighted by Gasteiger charge is -2.07. The Kier molecular flexibility index (Phi) is 2.68. The zero-order chi connectivity index (χ0) is 10.9. The Bertz CT molecular complexity index is 434. The van der Waals surface area contributed by atoms with Gasteiger partial charge in [0, 0.05) is 31.2 Å². The first-order chi connectivity index (χ1) is 7.06. The summed E-state index contributed by atoms with van der Waals surface area (Å²) in [5, 5.41) is 3.04. The molecule has 1 aliphatic carbocycles. The molecular formula is C9H15N3O2S. The number of nitrogens with zero attached hydrogens (tertiary/aromatic N) is 2. The van der Waals surface area contributed by atoms with Gasteiger partial charge in [-0.05, 0) is 12.8 Å². The summed E-state index contributed by atoms with van der Waals surface area (Å²) in [5.41, 5.74) is 0. The van der Waals surface area contributed by atoms with Gasteiger partial charge in [-0.3, -0.25) is 0 Å². The molecule has 0 bridgehead atoms. The van der Waals surface area contributed by atoms with Crippen molar-refractivity contribution in [1.82, 2.24) is 9.55 Å². The minimum Gasteiger partial charge on any atom is -0.355 e. The van der Waals surface area contributed by atoms with Gasteiger partial charge in [-0.25, -0.2) is 13.4 Å². The molecule has 6 heteroatoms. The summed E-state index contributed by atoms with van der Waals surface area (Å²) in [6, 6.07) is 0.563. The molecule has 1 heterocycles. The lowest BCUT2D eigenvalue weighted by molar-refractivity contribution is 0.602. The number of rotatable bonds is 5. The standard InChI is InChI=1S/C9H15N3O2S/c1-15(13,14)7-5-11-9-10-4-6-12(9)8-2-3-8/h4,6,8H,2-3,5,7H2,1H3,(H,10,11). The van der Waals surface area contributed by atoms with Crippen molar-refractivity contribution in [3.8, 4) is 0 Å². The van der Waals surface area contributed by atoms with Crippen LogP contribution in [0.25, 0.3) is 0 Å². The summed E-state index contributed by atoms with van der Waals surface area (Å²) in [5.74, 6) is 0.922. The maximum Gasteiger partial charge on any atom is 0.203 e. The number of imidazole rings is 1. The highest BCUT2D eigenvalue weighted by Gasteiger charge is 2.25. The van der Waals surface area contributed by atoms with E-state index in [1.165, 1.54) is 19.1 Å². The smallest absolute Gasteiger partial charge is 0.203 e. The van der Waals surface area contributed by atoms with Crippen molar-refractivity contribution < 1.29 is 8.42 Å². The average molecular weight is 229 g/mol.